The fraction of sp³-hybridized carbons (Fsp3) is 0.818. The van der Waals surface area contributed by atoms with Gasteiger partial charge in [0.2, 0.25) is 17.7 Å². The third kappa shape index (κ3) is 28.7. The summed E-state index contributed by atoms with van der Waals surface area (Å²) in [5.74, 6) is -4.79. The number of amides is 3. The zero-order valence-corrected chi connectivity index (χ0v) is 28.2. The number of hydrogen-bond donors (Lipinski definition) is 6. The van der Waals surface area contributed by atoms with Gasteiger partial charge >= 0.3 is 17.9 Å². The molecule has 3 amide bonds. The third-order valence-corrected chi connectivity index (χ3v) is 7.63. The van der Waals surface area contributed by atoms with Crippen molar-refractivity contribution in [3.63, 3.8) is 0 Å². The molecule has 0 aromatic heterocycles. The molecule has 0 aromatic rings. The van der Waals surface area contributed by atoms with Crippen molar-refractivity contribution >= 4 is 35.6 Å². The van der Waals surface area contributed by atoms with Gasteiger partial charge in [0.1, 0.15) is 12.1 Å². The molecule has 0 radical (unpaired) electrons. The summed E-state index contributed by atoms with van der Waals surface area (Å²) in [6.45, 7) is 1.34. The predicted octanol–water partition coefficient (Wildman–Crippen LogP) is 3.79. The fourth-order valence-electron chi connectivity index (χ4n) is 4.88. The maximum Gasteiger partial charge on any atom is 0.326 e. The molecule has 0 rings (SSSR count). The Bertz CT molecular complexity index is 901. The molecular weight excluding hydrogens is 614 g/mol. The van der Waals surface area contributed by atoms with Crippen molar-refractivity contribution in [2.75, 3.05) is 33.5 Å². The highest BCUT2D eigenvalue weighted by molar-refractivity contribution is 5.86. The molecule has 6 N–H and O–H groups in total. The standard InChI is InChI=1S/C33H59N3O11/c1-46-24-25-47-23-22-34-28(37)20-18-26(32(42)43)36-30(39)21-19-27(33(44)45)35-29(38)16-14-12-10-8-6-4-2-3-5-7-9-11-13-15-17-31(40)41/h26-27H,2-25H2,1H3,(H,34,37)(H,35,38)(H,36,39)(H,40,41)(H,42,43)(H,44,45)/t26-,27-/m0/s1. The van der Waals surface area contributed by atoms with E-state index in [2.05, 4.69) is 16.0 Å². The molecule has 0 aliphatic rings. The second-order valence-electron chi connectivity index (χ2n) is 11.8. The molecule has 0 spiro atoms. The first-order valence-electron chi connectivity index (χ1n) is 17.2. The zero-order valence-electron chi connectivity index (χ0n) is 28.2. The zero-order chi connectivity index (χ0) is 35.1. The summed E-state index contributed by atoms with van der Waals surface area (Å²) in [6, 6.07) is -2.59. The number of aliphatic carboxylic acids is 3. The minimum absolute atomic E-state index is 0.135. The number of rotatable bonds is 33. The Morgan fingerprint density at radius 1 is 0.511 bits per heavy atom. The lowest BCUT2D eigenvalue weighted by atomic mass is 10.0. The molecule has 14 heteroatoms. The normalized spacial score (nSPS) is 12.2. The Labute approximate surface area is 279 Å². The molecule has 14 nitrogen and oxygen atoms in total. The lowest BCUT2D eigenvalue weighted by Crippen LogP contribution is -2.44. The summed E-state index contributed by atoms with van der Waals surface area (Å²) < 4.78 is 10.1. The summed E-state index contributed by atoms with van der Waals surface area (Å²) >= 11 is 0. The summed E-state index contributed by atoms with van der Waals surface area (Å²) in [5.41, 5.74) is 0. The quantitative estimate of drug-likeness (QED) is 0.0551. The number of nitrogens with one attached hydrogen (secondary N) is 3. The highest BCUT2D eigenvalue weighted by atomic mass is 16.5. The van der Waals surface area contributed by atoms with E-state index in [0.29, 0.717) is 19.6 Å². The molecular formula is C33H59N3O11. The smallest absolute Gasteiger partial charge is 0.326 e. The van der Waals surface area contributed by atoms with Crippen LogP contribution in [0.5, 0.6) is 0 Å². The van der Waals surface area contributed by atoms with E-state index in [1.807, 2.05) is 0 Å². The molecule has 0 aliphatic carbocycles. The van der Waals surface area contributed by atoms with E-state index in [0.717, 1.165) is 44.9 Å². The number of carboxylic acids is 3. The average molecular weight is 674 g/mol. The Balaban J connectivity index is 4.02. The van der Waals surface area contributed by atoms with Crippen molar-refractivity contribution < 1.29 is 53.6 Å². The van der Waals surface area contributed by atoms with Gasteiger partial charge in [-0.1, -0.05) is 77.0 Å². The van der Waals surface area contributed by atoms with Gasteiger partial charge in [-0.3, -0.25) is 19.2 Å². The van der Waals surface area contributed by atoms with Crippen LogP contribution in [-0.2, 0) is 38.2 Å². The van der Waals surface area contributed by atoms with Gasteiger partial charge < -0.3 is 40.7 Å². The monoisotopic (exact) mass is 673 g/mol. The fourth-order valence-corrected chi connectivity index (χ4v) is 4.88. The van der Waals surface area contributed by atoms with Gasteiger partial charge in [0.05, 0.1) is 19.8 Å². The van der Waals surface area contributed by atoms with E-state index in [-0.39, 0.29) is 51.7 Å². The molecule has 0 unspecified atom stereocenters. The minimum atomic E-state index is -1.32. The second-order valence-corrected chi connectivity index (χ2v) is 11.8. The first-order valence-corrected chi connectivity index (χ1v) is 17.2. The number of hydrogen-bond acceptors (Lipinski definition) is 8. The third-order valence-electron chi connectivity index (χ3n) is 7.63. The number of carboxylic acid groups (broad SMARTS) is 3. The molecule has 0 heterocycles. The van der Waals surface area contributed by atoms with Gasteiger partial charge in [0.25, 0.3) is 0 Å². The molecule has 0 aromatic carbocycles. The maximum absolute atomic E-state index is 12.3. The number of unbranched alkanes of at least 4 members (excludes halogenated alkanes) is 13. The van der Waals surface area contributed by atoms with Crippen molar-refractivity contribution in [1.82, 2.24) is 16.0 Å². The first kappa shape index (κ1) is 43.7. The molecule has 0 saturated heterocycles. The van der Waals surface area contributed by atoms with Crippen LogP contribution in [0.1, 0.15) is 128 Å². The SMILES string of the molecule is COCCOCCNC(=O)CC[C@H](NC(=O)CC[C@H](NC(=O)CCCCCCCCCCCCCCCCC(=O)O)C(=O)O)C(=O)O. The van der Waals surface area contributed by atoms with Gasteiger partial charge in [-0.15, -0.1) is 0 Å². The second kappa shape index (κ2) is 30.1. The van der Waals surface area contributed by atoms with E-state index in [9.17, 15) is 39.0 Å². The molecule has 0 bridgehead atoms. The molecule has 0 saturated carbocycles. The highest BCUT2D eigenvalue weighted by Crippen LogP contribution is 2.14. The molecule has 47 heavy (non-hydrogen) atoms. The Morgan fingerprint density at radius 2 is 0.915 bits per heavy atom. The molecule has 272 valence electrons. The van der Waals surface area contributed by atoms with Crippen LogP contribution in [-0.4, -0.2) is 96.5 Å². The highest BCUT2D eigenvalue weighted by Gasteiger charge is 2.24. The Morgan fingerprint density at radius 3 is 1.34 bits per heavy atom. The van der Waals surface area contributed by atoms with E-state index >= 15 is 0 Å². The van der Waals surface area contributed by atoms with Gasteiger partial charge in [0.15, 0.2) is 0 Å². The van der Waals surface area contributed by atoms with Gasteiger partial charge in [0, 0.05) is 39.3 Å². The molecule has 0 aliphatic heterocycles. The van der Waals surface area contributed by atoms with Gasteiger partial charge in [-0.05, 0) is 25.7 Å². The topological polar surface area (TPSA) is 218 Å². The van der Waals surface area contributed by atoms with E-state index in [1.54, 1.807) is 7.11 Å². The molecule has 0 fully saturated rings. The number of carbonyl (C=O) groups is 6. The van der Waals surface area contributed by atoms with Crippen molar-refractivity contribution in [1.29, 1.82) is 0 Å². The Kier molecular flexibility index (Phi) is 28.0. The van der Waals surface area contributed by atoms with Crippen LogP contribution in [0.3, 0.4) is 0 Å². The predicted molar refractivity (Wildman–Crippen MR) is 175 cm³/mol. The lowest BCUT2D eigenvalue weighted by molar-refractivity contribution is -0.143. The van der Waals surface area contributed by atoms with Crippen LogP contribution >= 0.6 is 0 Å². The van der Waals surface area contributed by atoms with Gasteiger partial charge in [-0.25, -0.2) is 9.59 Å². The van der Waals surface area contributed by atoms with E-state index in [1.165, 1.54) is 38.5 Å². The Hall–Kier alpha value is -3.26. The van der Waals surface area contributed by atoms with Crippen LogP contribution in [0, 0.1) is 0 Å². The van der Waals surface area contributed by atoms with Gasteiger partial charge in [-0.2, -0.15) is 0 Å². The summed E-state index contributed by atoms with van der Waals surface area (Å²) in [5, 5.41) is 34.9. The van der Waals surface area contributed by atoms with Crippen LogP contribution in [0.2, 0.25) is 0 Å². The minimum Gasteiger partial charge on any atom is -0.481 e. The summed E-state index contributed by atoms with van der Waals surface area (Å²) in [4.78, 5) is 70.3. The van der Waals surface area contributed by atoms with Crippen molar-refractivity contribution in [2.45, 2.75) is 141 Å². The van der Waals surface area contributed by atoms with Crippen molar-refractivity contribution in [2.24, 2.45) is 0 Å². The summed E-state index contributed by atoms with van der Waals surface area (Å²) in [7, 11) is 1.54. The van der Waals surface area contributed by atoms with E-state index in [4.69, 9.17) is 14.6 Å². The number of ether oxygens (including phenoxy) is 2. The van der Waals surface area contributed by atoms with Crippen LogP contribution < -0.4 is 16.0 Å². The van der Waals surface area contributed by atoms with Crippen LogP contribution in [0.4, 0.5) is 0 Å². The van der Waals surface area contributed by atoms with E-state index < -0.39 is 47.7 Å². The summed E-state index contributed by atoms with van der Waals surface area (Å²) in [6.07, 6.45) is 14.5. The molecule has 2 atom stereocenters. The van der Waals surface area contributed by atoms with Crippen molar-refractivity contribution in [3.8, 4) is 0 Å². The maximum atomic E-state index is 12.3. The largest absolute Gasteiger partial charge is 0.481 e. The van der Waals surface area contributed by atoms with Crippen LogP contribution in [0.25, 0.3) is 0 Å². The van der Waals surface area contributed by atoms with Crippen molar-refractivity contribution in [3.05, 3.63) is 0 Å². The number of carbonyl (C=O) groups excluding carboxylic acids is 3. The number of methoxy groups -OCH3 is 1. The first-order chi connectivity index (χ1) is 22.6. The average Bonchev–Trinajstić information content (AvgIpc) is 3.02. The van der Waals surface area contributed by atoms with Crippen LogP contribution in [0.15, 0.2) is 0 Å². The lowest BCUT2D eigenvalue weighted by Gasteiger charge is -2.17.